The zero-order chi connectivity index (χ0) is 10.6. The Hall–Kier alpha value is -0.860. The van der Waals surface area contributed by atoms with E-state index in [1.807, 2.05) is 6.92 Å². The number of hydrogen-bond donors (Lipinski definition) is 0. The molecule has 0 aliphatic carbocycles. The van der Waals surface area contributed by atoms with Crippen LogP contribution in [0.25, 0.3) is 0 Å². The SMILES string of the molecule is CCCC1=NN(CC)C(=O)C(CC)C1. The van der Waals surface area contributed by atoms with Crippen molar-refractivity contribution < 1.29 is 4.79 Å². The molecular weight excluding hydrogens is 176 g/mol. The third-order valence-electron chi connectivity index (χ3n) is 2.68. The Bertz CT molecular complexity index is 235. The van der Waals surface area contributed by atoms with Crippen LogP contribution in [0.3, 0.4) is 0 Å². The Morgan fingerprint density at radius 3 is 2.64 bits per heavy atom. The number of hydrazone groups is 1. The summed E-state index contributed by atoms with van der Waals surface area (Å²) in [5.74, 6) is 0.379. The third kappa shape index (κ3) is 2.34. The summed E-state index contributed by atoms with van der Waals surface area (Å²) in [5.41, 5.74) is 1.20. The molecule has 1 rings (SSSR count). The molecule has 0 fully saturated rings. The van der Waals surface area contributed by atoms with Gasteiger partial charge < -0.3 is 0 Å². The topological polar surface area (TPSA) is 32.7 Å². The van der Waals surface area contributed by atoms with Crippen molar-refractivity contribution in [3.63, 3.8) is 0 Å². The Kier molecular flexibility index (Phi) is 4.11. The van der Waals surface area contributed by atoms with Gasteiger partial charge in [-0.1, -0.05) is 20.3 Å². The molecule has 3 nitrogen and oxygen atoms in total. The van der Waals surface area contributed by atoms with Crippen LogP contribution in [0, 0.1) is 5.92 Å². The predicted molar refractivity (Wildman–Crippen MR) is 58.1 cm³/mol. The van der Waals surface area contributed by atoms with Gasteiger partial charge >= 0.3 is 0 Å². The lowest BCUT2D eigenvalue weighted by atomic mass is 9.94. The lowest BCUT2D eigenvalue weighted by Crippen LogP contribution is -2.38. The molecule has 0 aromatic carbocycles. The van der Waals surface area contributed by atoms with Gasteiger partial charge in [-0.2, -0.15) is 5.10 Å². The van der Waals surface area contributed by atoms with Gasteiger partial charge in [0.15, 0.2) is 0 Å². The molecule has 1 amide bonds. The van der Waals surface area contributed by atoms with Gasteiger partial charge in [-0.15, -0.1) is 0 Å². The van der Waals surface area contributed by atoms with Crippen molar-refractivity contribution in [2.75, 3.05) is 6.54 Å². The molecule has 1 heterocycles. The molecule has 0 saturated heterocycles. The first-order chi connectivity index (χ1) is 6.72. The van der Waals surface area contributed by atoms with E-state index in [0.29, 0.717) is 6.54 Å². The van der Waals surface area contributed by atoms with E-state index in [4.69, 9.17) is 0 Å². The van der Waals surface area contributed by atoms with E-state index < -0.39 is 0 Å². The Labute approximate surface area is 86.2 Å². The fourth-order valence-corrected chi connectivity index (χ4v) is 1.83. The largest absolute Gasteiger partial charge is 0.273 e. The molecule has 1 unspecified atom stereocenters. The Morgan fingerprint density at radius 2 is 2.14 bits per heavy atom. The van der Waals surface area contributed by atoms with E-state index in [0.717, 1.165) is 25.7 Å². The summed E-state index contributed by atoms with van der Waals surface area (Å²) >= 11 is 0. The molecule has 80 valence electrons. The van der Waals surface area contributed by atoms with Crippen molar-refractivity contribution in [2.45, 2.75) is 46.5 Å². The quantitative estimate of drug-likeness (QED) is 0.679. The monoisotopic (exact) mass is 196 g/mol. The highest BCUT2D eigenvalue weighted by atomic mass is 16.2. The molecule has 0 aromatic heterocycles. The highest BCUT2D eigenvalue weighted by Gasteiger charge is 2.27. The maximum absolute atomic E-state index is 11.8. The molecule has 0 saturated carbocycles. The first kappa shape index (κ1) is 11.2. The Morgan fingerprint density at radius 1 is 1.43 bits per heavy atom. The van der Waals surface area contributed by atoms with Gasteiger partial charge in [0.05, 0.1) is 0 Å². The summed E-state index contributed by atoms with van der Waals surface area (Å²) in [5, 5.41) is 6.00. The fraction of sp³-hybridized carbons (Fsp3) is 0.818. The van der Waals surface area contributed by atoms with Crippen LogP contribution in [-0.4, -0.2) is 23.2 Å². The van der Waals surface area contributed by atoms with E-state index in [9.17, 15) is 4.79 Å². The summed E-state index contributed by atoms with van der Waals surface area (Å²) in [6.45, 7) is 6.90. The highest BCUT2D eigenvalue weighted by molar-refractivity contribution is 5.93. The number of rotatable bonds is 4. The van der Waals surface area contributed by atoms with Crippen LogP contribution >= 0.6 is 0 Å². The van der Waals surface area contributed by atoms with Gasteiger partial charge in [0, 0.05) is 18.2 Å². The van der Waals surface area contributed by atoms with E-state index in [-0.39, 0.29) is 11.8 Å². The minimum Gasteiger partial charge on any atom is -0.273 e. The molecule has 3 heteroatoms. The molecule has 0 spiro atoms. The number of carbonyl (C=O) groups excluding carboxylic acids is 1. The summed E-state index contributed by atoms with van der Waals surface area (Å²) in [6.07, 6.45) is 3.94. The van der Waals surface area contributed by atoms with Gasteiger partial charge in [-0.25, -0.2) is 5.01 Å². The van der Waals surface area contributed by atoms with Crippen LogP contribution in [0.1, 0.15) is 46.5 Å². The van der Waals surface area contributed by atoms with Crippen LogP contribution in [0.2, 0.25) is 0 Å². The normalized spacial score (nSPS) is 22.5. The summed E-state index contributed by atoms with van der Waals surface area (Å²) in [4.78, 5) is 11.8. The van der Waals surface area contributed by atoms with Crippen molar-refractivity contribution >= 4 is 11.6 Å². The van der Waals surface area contributed by atoms with Crippen LogP contribution < -0.4 is 0 Å². The summed E-state index contributed by atoms with van der Waals surface area (Å²) in [6, 6.07) is 0. The van der Waals surface area contributed by atoms with Crippen LogP contribution in [0.15, 0.2) is 5.10 Å². The van der Waals surface area contributed by atoms with Gasteiger partial charge in [0.25, 0.3) is 0 Å². The zero-order valence-corrected chi connectivity index (χ0v) is 9.42. The van der Waals surface area contributed by atoms with E-state index in [1.165, 1.54) is 5.71 Å². The second-order valence-electron chi connectivity index (χ2n) is 3.78. The average Bonchev–Trinajstić information content (AvgIpc) is 2.20. The van der Waals surface area contributed by atoms with Gasteiger partial charge in [0.2, 0.25) is 5.91 Å². The predicted octanol–water partition coefficient (Wildman–Crippen LogP) is 2.42. The second-order valence-corrected chi connectivity index (χ2v) is 3.78. The minimum absolute atomic E-state index is 0.175. The number of amides is 1. The van der Waals surface area contributed by atoms with Crippen LogP contribution in [0.5, 0.6) is 0 Å². The highest BCUT2D eigenvalue weighted by Crippen LogP contribution is 2.20. The first-order valence-corrected chi connectivity index (χ1v) is 5.60. The van der Waals surface area contributed by atoms with Crippen LogP contribution in [-0.2, 0) is 4.79 Å². The van der Waals surface area contributed by atoms with Gasteiger partial charge in [0.1, 0.15) is 0 Å². The maximum Gasteiger partial charge on any atom is 0.246 e. The molecule has 1 aliphatic rings. The zero-order valence-electron chi connectivity index (χ0n) is 9.42. The molecule has 1 atom stereocenters. The van der Waals surface area contributed by atoms with Crippen molar-refractivity contribution in [3.8, 4) is 0 Å². The average molecular weight is 196 g/mol. The van der Waals surface area contributed by atoms with E-state index in [2.05, 4.69) is 18.9 Å². The summed E-state index contributed by atoms with van der Waals surface area (Å²) < 4.78 is 0. The molecule has 0 bridgehead atoms. The van der Waals surface area contributed by atoms with Crippen LogP contribution in [0.4, 0.5) is 0 Å². The van der Waals surface area contributed by atoms with E-state index >= 15 is 0 Å². The Balaban J connectivity index is 2.75. The van der Waals surface area contributed by atoms with Crippen molar-refractivity contribution in [1.29, 1.82) is 0 Å². The molecule has 0 N–H and O–H groups in total. The summed E-state index contributed by atoms with van der Waals surface area (Å²) in [7, 11) is 0. The standard InChI is InChI=1S/C11H20N2O/c1-4-7-10-8-9(5-2)11(14)13(6-3)12-10/h9H,4-8H2,1-3H3. The first-order valence-electron chi connectivity index (χ1n) is 5.60. The number of nitrogens with zero attached hydrogens (tertiary/aromatic N) is 2. The molecule has 1 aliphatic heterocycles. The van der Waals surface area contributed by atoms with Gasteiger partial charge in [-0.3, -0.25) is 4.79 Å². The molecule has 14 heavy (non-hydrogen) atoms. The lowest BCUT2D eigenvalue weighted by Gasteiger charge is -2.28. The second kappa shape index (κ2) is 5.13. The smallest absolute Gasteiger partial charge is 0.246 e. The number of hydrogen-bond acceptors (Lipinski definition) is 2. The van der Waals surface area contributed by atoms with Crippen molar-refractivity contribution in [3.05, 3.63) is 0 Å². The lowest BCUT2D eigenvalue weighted by molar-refractivity contribution is -0.136. The number of carbonyl (C=O) groups is 1. The molecule has 0 aromatic rings. The van der Waals surface area contributed by atoms with Gasteiger partial charge in [-0.05, 0) is 26.2 Å². The van der Waals surface area contributed by atoms with Crippen molar-refractivity contribution in [1.82, 2.24) is 5.01 Å². The minimum atomic E-state index is 0.175. The molecular formula is C11H20N2O. The third-order valence-corrected chi connectivity index (χ3v) is 2.68. The fourth-order valence-electron chi connectivity index (χ4n) is 1.83. The maximum atomic E-state index is 11.8. The van der Waals surface area contributed by atoms with E-state index in [1.54, 1.807) is 5.01 Å². The molecule has 0 radical (unpaired) electrons. The van der Waals surface area contributed by atoms with Crippen molar-refractivity contribution in [2.24, 2.45) is 11.0 Å².